The summed E-state index contributed by atoms with van der Waals surface area (Å²) in [5.41, 5.74) is 0.995. The summed E-state index contributed by atoms with van der Waals surface area (Å²) in [6, 6.07) is 0. The van der Waals surface area contributed by atoms with E-state index in [1.54, 1.807) is 0 Å². The van der Waals surface area contributed by atoms with Gasteiger partial charge in [0, 0.05) is 0 Å². The predicted molar refractivity (Wildman–Crippen MR) is 73.6 cm³/mol. The predicted octanol–water partition coefficient (Wildman–Crippen LogP) is 3.87. The van der Waals surface area contributed by atoms with Crippen molar-refractivity contribution in [1.29, 1.82) is 0 Å². The van der Waals surface area contributed by atoms with Gasteiger partial charge in [-0.15, -0.1) is 0 Å². The van der Waals surface area contributed by atoms with E-state index in [0.717, 1.165) is 18.8 Å². The lowest BCUT2D eigenvalue weighted by atomic mass is 9.53. The molecule has 0 aromatic rings. The third-order valence-electron chi connectivity index (χ3n) is 7.73. The molecule has 0 aliphatic heterocycles. The number of hydrogen-bond acceptors (Lipinski definition) is 1. The summed E-state index contributed by atoms with van der Waals surface area (Å²) in [5, 5.41) is 9.46. The maximum Gasteiger partial charge on any atom is 0.307 e. The lowest BCUT2D eigenvalue weighted by molar-refractivity contribution is -0.143. The molecule has 0 saturated heterocycles. The molecule has 4 aliphatic carbocycles. The molecule has 0 spiro atoms. The van der Waals surface area contributed by atoms with Gasteiger partial charge in [-0.1, -0.05) is 26.0 Å². The molecule has 0 aromatic heterocycles. The molecule has 3 saturated carbocycles. The highest BCUT2D eigenvalue weighted by molar-refractivity contribution is 5.72. The molecule has 1 N–H and O–H groups in total. The summed E-state index contributed by atoms with van der Waals surface area (Å²) in [7, 11) is 0. The Kier molecular flexibility index (Phi) is 2.06. The number of carboxylic acid groups (broad SMARTS) is 1. The SMILES string of the molecule is CC1(C)C2CCC1(C13C=CC(C1)C(C(=O)O)C3)CC2. The van der Waals surface area contributed by atoms with Gasteiger partial charge in [0.05, 0.1) is 5.92 Å². The quantitative estimate of drug-likeness (QED) is 0.765. The minimum atomic E-state index is -0.571. The molecule has 19 heavy (non-hydrogen) atoms. The van der Waals surface area contributed by atoms with Crippen molar-refractivity contribution in [2.45, 2.75) is 52.4 Å². The van der Waals surface area contributed by atoms with E-state index in [1.165, 1.54) is 25.7 Å². The van der Waals surface area contributed by atoms with Crippen LogP contribution in [0, 0.1) is 34.0 Å². The van der Waals surface area contributed by atoms with Gasteiger partial charge in [0.15, 0.2) is 0 Å². The van der Waals surface area contributed by atoms with Gasteiger partial charge in [-0.05, 0) is 66.6 Å². The Morgan fingerprint density at radius 2 is 1.89 bits per heavy atom. The van der Waals surface area contributed by atoms with Gasteiger partial charge >= 0.3 is 5.97 Å². The first kappa shape index (κ1) is 12.0. The van der Waals surface area contributed by atoms with E-state index in [4.69, 9.17) is 0 Å². The van der Waals surface area contributed by atoms with Crippen molar-refractivity contribution in [2.75, 3.05) is 0 Å². The van der Waals surface area contributed by atoms with Crippen molar-refractivity contribution in [3.05, 3.63) is 12.2 Å². The molecule has 0 amide bonds. The van der Waals surface area contributed by atoms with Gasteiger partial charge in [-0.3, -0.25) is 4.79 Å². The smallest absolute Gasteiger partial charge is 0.307 e. The average Bonchev–Trinajstić information content (AvgIpc) is 3.08. The third kappa shape index (κ3) is 1.14. The van der Waals surface area contributed by atoms with Crippen LogP contribution in [0.25, 0.3) is 0 Å². The van der Waals surface area contributed by atoms with E-state index in [9.17, 15) is 9.90 Å². The fourth-order valence-electron chi connectivity index (χ4n) is 6.66. The zero-order chi connectivity index (χ0) is 13.5. The monoisotopic (exact) mass is 260 g/mol. The second kappa shape index (κ2) is 3.27. The topological polar surface area (TPSA) is 37.3 Å². The molecule has 0 aromatic carbocycles. The Hall–Kier alpha value is -0.790. The van der Waals surface area contributed by atoms with Crippen molar-refractivity contribution in [3.63, 3.8) is 0 Å². The molecule has 2 heteroatoms. The highest BCUT2D eigenvalue weighted by atomic mass is 16.4. The Morgan fingerprint density at radius 1 is 1.21 bits per heavy atom. The number of rotatable bonds is 2. The fraction of sp³-hybridized carbons (Fsp3) is 0.824. The van der Waals surface area contributed by atoms with Crippen molar-refractivity contribution < 1.29 is 9.90 Å². The highest BCUT2D eigenvalue weighted by Gasteiger charge is 2.70. The average molecular weight is 260 g/mol. The molecular weight excluding hydrogens is 236 g/mol. The second-order valence-corrected chi connectivity index (χ2v) is 8.11. The molecule has 0 radical (unpaired) electrons. The van der Waals surface area contributed by atoms with Crippen LogP contribution in [-0.4, -0.2) is 11.1 Å². The number of allylic oxidation sites excluding steroid dienone is 2. The Bertz CT molecular complexity index is 468. The van der Waals surface area contributed by atoms with E-state index in [0.29, 0.717) is 16.7 Å². The van der Waals surface area contributed by atoms with Crippen LogP contribution in [0.1, 0.15) is 52.4 Å². The maximum absolute atomic E-state index is 11.5. The fourth-order valence-corrected chi connectivity index (χ4v) is 6.66. The van der Waals surface area contributed by atoms with Crippen molar-refractivity contribution >= 4 is 5.97 Å². The molecule has 3 unspecified atom stereocenters. The van der Waals surface area contributed by atoms with E-state index in [2.05, 4.69) is 26.0 Å². The van der Waals surface area contributed by atoms with Crippen molar-refractivity contribution in [3.8, 4) is 0 Å². The molecule has 0 heterocycles. The van der Waals surface area contributed by atoms with Crippen LogP contribution in [0.2, 0.25) is 0 Å². The summed E-state index contributed by atoms with van der Waals surface area (Å²) in [6.07, 6.45) is 12.1. The molecule has 2 nitrogen and oxygen atoms in total. The lowest BCUT2D eigenvalue weighted by Gasteiger charge is -2.51. The summed E-state index contributed by atoms with van der Waals surface area (Å²) in [6.45, 7) is 4.92. The Labute approximate surface area is 115 Å². The zero-order valence-corrected chi connectivity index (χ0v) is 12.0. The van der Waals surface area contributed by atoms with Gasteiger partial charge in [0.1, 0.15) is 0 Å². The number of carbonyl (C=O) groups is 1. The molecular formula is C17H24O2. The van der Waals surface area contributed by atoms with Gasteiger partial charge in [-0.2, -0.15) is 0 Å². The number of fused-ring (bicyclic) bond motifs is 5. The van der Waals surface area contributed by atoms with Gasteiger partial charge in [-0.25, -0.2) is 0 Å². The number of carboxylic acids is 1. The summed E-state index contributed by atoms with van der Waals surface area (Å²) < 4.78 is 0. The number of hydrogen-bond donors (Lipinski definition) is 1. The van der Waals surface area contributed by atoms with E-state index >= 15 is 0 Å². The van der Waals surface area contributed by atoms with Gasteiger partial charge < -0.3 is 5.11 Å². The first-order valence-electron chi connectivity index (χ1n) is 7.84. The molecule has 3 fully saturated rings. The molecule has 3 atom stereocenters. The van der Waals surface area contributed by atoms with Crippen molar-refractivity contribution in [2.24, 2.45) is 34.0 Å². The Morgan fingerprint density at radius 3 is 2.37 bits per heavy atom. The highest BCUT2D eigenvalue weighted by Crippen LogP contribution is 2.77. The molecule has 4 rings (SSSR count). The van der Waals surface area contributed by atoms with E-state index < -0.39 is 5.97 Å². The van der Waals surface area contributed by atoms with Crippen LogP contribution in [0.15, 0.2) is 12.2 Å². The second-order valence-electron chi connectivity index (χ2n) is 8.11. The van der Waals surface area contributed by atoms with Crippen LogP contribution in [0.3, 0.4) is 0 Å². The van der Waals surface area contributed by atoms with E-state index in [-0.39, 0.29) is 11.3 Å². The minimum absolute atomic E-state index is 0.116. The Balaban J connectivity index is 1.78. The number of aliphatic carboxylic acids is 1. The lowest BCUT2D eigenvalue weighted by Crippen LogP contribution is -2.44. The maximum atomic E-state index is 11.5. The standard InChI is InChI=1S/C17H24O2/c1-15(2)12-4-7-17(15,8-5-12)16-6-3-11(9-16)13(10-16)14(18)19/h3,6,11-13H,4-5,7-10H2,1-2H3,(H,18,19). The van der Waals surface area contributed by atoms with Crippen LogP contribution in [0.4, 0.5) is 0 Å². The van der Waals surface area contributed by atoms with Crippen LogP contribution >= 0.6 is 0 Å². The molecule has 4 bridgehead atoms. The summed E-state index contributed by atoms with van der Waals surface area (Å²) in [5.74, 6) is 0.494. The molecule has 104 valence electrons. The minimum Gasteiger partial charge on any atom is -0.481 e. The summed E-state index contributed by atoms with van der Waals surface area (Å²) >= 11 is 0. The molecule has 4 aliphatic rings. The van der Waals surface area contributed by atoms with E-state index in [1.807, 2.05) is 0 Å². The van der Waals surface area contributed by atoms with Crippen LogP contribution in [-0.2, 0) is 4.79 Å². The normalized spacial score (nSPS) is 53.1. The third-order valence-corrected chi connectivity index (χ3v) is 7.73. The first-order valence-corrected chi connectivity index (χ1v) is 7.84. The zero-order valence-electron chi connectivity index (χ0n) is 12.0. The largest absolute Gasteiger partial charge is 0.481 e. The van der Waals surface area contributed by atoms with Gasteiger partial charge in [0.2, 0.25) is 0 Å². The van der Waals surface area contributed by atoms with Crippen LogP contribution < -0.4 is 0 Å². The summed E-state index contributed by atoms with van der Waals surface area (Å²) in [4.78, 5) is 11.5. The van der Waals surface area contributed by atoms with Gasteiger partial charge in [0.25, 0.3) is 0 Å². The van der Waals surface area contributed by atoms with Crippen LogP contribution in [0.5, 0.6) is 0 Å². The first-order chi connectivity index (χ1) is 8.92. The van der Waals surface area contributed by atoms with Crippen molar-refractivity contribution in [1.82, 2.24) is 0 Å².